The van der Waals surface area contributed by atoms with Gasteiger partial charge in [-0.05, 0) is 42.4 Å². The van der Waals surface area contributed by atoms with Crippen LogP contribution in [0, 0.1) is 11.8 Å². The van der Waals surface area contributed by atoms with Crippen molar-refractivity contribution in [3.63, 3.8) is 0 Å². The van der Waals surface area contributed by atoms with Crippen LogP contribution in [0.4, 0.5) is 0 Å². The predicted molar refractivity (Wildman–Crippen MR) is 96.6 cm³/mol. The minimum absolute atomic E-state index is 0.453. The highest BCUT2D eigenvalue weighted by atomic mass is 32.2. The van der Waals surface area contributed by atoms with E-state index in [1.807, 2.05) is 11.8 Å². The molecule has 1 saturated carbocycles. The van der Waals surface area contributed by atoms with Crippen LogP contribution in [0.5, 0.6) is 0 Å². The molecule has 1 aliphatic carbocycles. The second kappa shape index (κ2) is 6.75. The van der Waals surface area contributed by atoms with Crippen molar-refractivity contribution in [1.82, 2.24) is 10.2 Å². The first-order valence-electron chi connectivity index (χ1n) is 9.02. The van der Waals surface area contributed by atoms with E-state index in [1.54, 1.807) is 0 Å². The number of aliphatic hydroxyl groups is 1. The van der Waals surface area contributed by atoms with E-state index in [1.165, 1.54) is 31.5 Å². The molecule has 0 bridgehead atoms. The van der Waals surface area contributed by atoms with Crippen molar-refractivity contribution in [1.29, 1.82) is 0 Å². The molecule has 2 N–H and O–H groups in total. The lowest BCUT2D eigenvalue weighted by atomic mass is 9.96. The lowest BCUT2D eigenvalue weighted by Crippen LogP contribution is -2.46. The number of hydrogen-bond acceptors (Lipinski definition) is 4. The Kier molecular flexibility index (Phi) is 4.68. The van der Waals surface area contributed by atoms with Gasteiger partial charge in [0.2, 0.25) is 0 Å². The Morgan fingerprint density at radius 2 is 2.09 bits per heavy atom. The van der Waals surface area contributed by atoms with Crippen LogP contribution in [0.3, 0.4) is 0 Å². The minimum Gasteiger partial charge on any atom is -0.388 e. The van der Waals surface area contributed by atoms with Crippen molar-refractivity contribution in [2.45, 2.75) is 37.5 Å². The highest BCUT2D eigenvalue weighted by molar-refractivity contribution is 7.99. The molecule has 3 nitrogen and oxygen atoms in total. The summed E-state index contributed by atoms with van der Waals surface area (Å²) in [5.41, 5.74) is 0.972. The predicted octanol–water partition coefficient (Wildman–Crippen LogP) is 2.35. The summed E-state index contributed by atoms with van der Waals surface area (Å²) in [7, 11) is 0. The van der Waals surface area contributed by atoms with Crippen LogP contribution in [0.2, 0.25) is 0 Å². The standard InChI is InChI=1S/C19H28N2OS/c22-19(8-9-23-14-19)13-20-18-7-6-16-11-21(12-17(16)18)10-15-4-2-1-3-5-15/h1-5,16-18,20,22H,6-14H2/t16-,17+,18+,19-/m0/s1. The molecule has 2 saturated heterocycles. The molecule has 0 aromatic heterocycles. The molecule has 1 aromatic carbocycles. The second-order valence-corrected chi connectivity index (χ2v) is 8.80. The Morgan fingerprint density at radius 3 is 2.87 bits per heavy atom. The van der Waals surface area contributed by atoms with Gasteiger partial charge in [0, 0.05) is 38.0 Å². The van der Waals surface area contributed by atoms with Gasteiger partial charge in [-0.2, -0.15) is 11.8 Å². The lowest BCUT2D eigenvalue weighted by molar-refractivity contribution is 0.0626. The third-order valence-corrected chi connectivity index (χ3v) is 7.19. The highest BCUT2D eigenvalue weighted by Crippen LogP contribution is 2.39. The first-order valence-corrected chi connectivity index (χ1v) is 10.2. The van der Waals surface area contributed by atoms with E-state index in [0.717, 1.165) is 42.9 Å². The van der Waals surface area contributed by atoms with E-state index < -0.39 is 5.60 Å². The molecule has 3 fully saturated rings. The maximum absolute atomic E-state index is 10.5. The topological polar surface area (TPSA) is 35.5 Å². The fraction of sp³-hybridized carbons (Fsp3) is 0.684. The molecule has 1 aromatic rings. The number of thioether (sulfide) groups is 1. The number of nitrogens with one attached hydrogen (secondary N) is 1. The molecule has 0 radical (unpaired) electrons. The van der Waals surface area contributed by atoms with Crippen LogP contribution in [-0.2, 0) is 6.54 Å². The molecule has 4 heteroatoms. The number of rotatable bonds is 5. The maximum atomic E-state index is 10.5. The van der Waals surface area contributed by atoms with Crippen LogP contribution in [0.25, 0.3) is 0 Å². The van der Waals surface area contributed by atoms with E-state index in [-0.39, 0.29) is 0 Å². The fourth-order valence-electron chi connectivity index (χ4n) is 4.64. The van der Waals surface area contributed by atoms with Gasteiger partial charge in [-0.3, -0.25) is 4.90 Å². The molecular weight excluding hydrogens is 304 g/mol. The highest BCUT2D eigenvalue weighted by Gasteiger charge is 2.43. The maximum Gasteiger partial charge on any atom is 0.0869 e. The average Bonchev–Trinajstić information content (AvgIpc) is 3.23. The summed E-state index contributed by atoms with van der Waals surface area (Å²) in [5.74, 6) is 3.64. The third-order valence-electron chi connectivity index (χ3n) is 5.96. The Hall–Kier alpha value is -0.550. The van der Waals surface area contributed by atoms with Crippen LogP contribution < -0.4 is 5.32 Å². The van der Waals surface area contributed by atoms with Gasteiger partial charge in [0.1, 0.15) is 0 Å². The van der Waals surface area contributed by atoms with E-state index in [4.69, 9.17) is 0 Å². The minimum atomic E-state index is -0.453. The second-order valence-electron chi connectivity index (χ2n) is 7.70. The summed E-state index contributed by atoms with van der Waals surface area (Å²) in [5, 5.41) is 14.3. The van der Waals surface area contributed by atoms with Gasteiger partial charge in [0.15, 0.2) is 0 Å². The number of hydrogen-bond donors (Lipinski definition) is 2. The van der Waals surface area contributed by atoms with Gasteiger partial charge in [0.25, 0.3) is 0 Å². The summed E-state index contributed by atoms with van der Waals surface area (Å²) < 4.78 is 0. The van der Waals surface area contributed by atoms with Crippen molar-refractivity contribution >= 4 is 11.8 Å². The zero-order valence-electron chi connectivity index (χ0n) is 13.8. The number of nitrogens with zero attached hydrogens (tertiary/aromatic N) is 1. The van der Waals surface area contributed by atoms with Crippen LogP contribution in [-0.4, -0.2) is 52.8 Å². The molecule has 2 aliphatic heterocycles. The first kappa shape index (κ1) is 15.9. The molecule has 23 heavy (non-hydrogen) atoms. The lowest BCUT2D eigenvalue weighted by Gasteiger charge is -2.27. The molecule has 0 amide bonds. The first-order chi connectivity index (χ1) is 11.2. The van der Waals surface area contributed by atoms with Gasteiger partial charge in [-0.15, -0.1) is 0 Å². The quantitative estimate of drug-likeness (QED) is 0.868. The van der Waals surface area contributed by atoms with E-state index in [2.05, 4.69) is 40.5 Å². The van der Waals surface area contributed by atoms with Crippen molar-refractivity contribution in [2.24, 2.45) is 11.8 Å². The summed E-state index contributed by atoms with van der Waals surface area (Å²) in [6.07, 6.45) is 3.59. The summed E-state index contributed by atoms with van der Waals surface area (Å²) >= 11 is 1.89. The Morgan fingerprint density at radius 1 is 1.22 bits per heavy atom. The molecule has 3 aliphatic rings. The van der Waals surface area contributed by atoms with Gasteiger partial charge in [0.05, 0.1) is 5.60 Å². The van der Waals surface area contributed by atoms with Gasteiger partial charge in [-0.1, -0.05) is 30.3 Å². The largest absolute Gasteiger partial charge is 0.388 e. The zero-order chi connectivity index (χ0) is 15.7. The van der Waals surface area contributed by atoms with Crippen LogP contribution >= 0.6 is 11.8 Å². The SMILES string of the molecule is O[C@]1(CN[C@@H]2CC[C@H]3CN(Cc4ccccc4)C[C@H]32)CCSC1. The summed E-state index contributed by atoms with van der Waals surface area (Å²) in [4.78, 5) is 2.62. The van der Waals surface area contributed by atoms with Crippen LogP contribution in [0.15, 0.2) is 30.3 Å². The molecular formula is C19H28N2OS. The Labute approximate surface area is 143 Å². The molecule has 126 valence electrons. The van der Waals surface area contributed by atoms with Crippen molar-refractivity contribution < 1.29 is 5.11 Å². The molecule has 4 rings (SSSR count). The van der Waals surface area contributed by atoms with Gasteiger partial charge < -0.3 is 10.4 Å². The molecule has 4 atom stereocenters. The average molecular weight is 333 g/mol. The monoisotopic (exact) mass is 332 g/mol. The fourth-order valence-corrected chi connectivity index (χ4v) is 5.93. The summed E-state index contributed by atoms with van der Waals surface area (Å²) in [6, 6.07) is 11.4. The van der Waals surface area contributed by atoms with E-state index >= 15 is 0 Å². The third kappa shape index (κ3) is 3.60. The molecule has 0 spiro atoms. The van der Waals surface area contributed by atoms with Crippen molar-refractivity contribution in [3.05, 3.63) is 35.9 Å². The van der Waals surface area contributed by atoms with Crippen molar-refractivity contribution in [3.8, 4) is 0 Å². The Balaban J connectivity index is 1.31. The molecule has 2 heterocycles. The zero-order valence-corrected chi connectivity index (χ0v) is 14.6. The number of benzene rings is 1. The van der Waals surface area contributed by atoms with E-state index in [0.29, 0.717) is 6.04 Å². The number of fused-ring (bicyclic) bond motifs is 1. The number of likely N-dealkylation sites (tertiary alicyclic amines) is 1. The van der Waals surface area contributed by atoms with Crippen molar-refractivity contribution in [2.75, 3.05) is 31.1 Å². The van der Waals surface area contributed by atoms with Crippen LogP contribution in [0.1, 0.15) is 24.8 Å². The Bertz CT molecular complexity index is 517. The molecule has 0 unspecified atom stereocenters. The van der Waals surface area contributed by atoms with Gasteiger partial charge in [-0.25, -0.2) is 0 Å². The van der Waals surface area contributed by atoms with E-state index in [9.17, 15) is 5.11 Å². The van der Waals surface area contributed by atoms with Gasteiger partial charge >= 0.3 is 0 Å². The summed E-state index contributed by atoms with van der Waals surface area (Å²) in [6.45, 7) is 4.33. The smallest absolute Gasteiger partial charge is 0.0869 e. The normalized spacial score (nSPS) is 37.3.